The SMILES string of the molecule is COc1ccccc1-c1cc2ncc3c(n2n1)C[C@@H]1CC[C@H]3N1C(=O)c1ccn(C)n1. The van der Waals surface area contributed by atoms with E-state index in [1.165, 1.54) is 0 Å². The Morgan fingerprint density at radius 3 is 2.84 bits per heavy atom. The van der Waals surface area contributed by atoms with Crippen molar-refractivity contribution in [1.29, 1.82) is 0 Å². The molecule has 1 aromatic carbocycles. The number of hydrogen-bond donors (Lipinski definition) is 0. The topological polar surface area (TPSA) is 77.5 Å². The van der Waals surface area contributed by atoms with Crippen LogP contribution in [0.5, 0.6) is 5.75 Å². The van der Waals surface area contributed by atoms with E-state index in [4.69, 9.17) is 9.84 Å². The van der Waals surface area contributed by atoms with Gasteiger partial charge in [0.05, 0.1) is 24.5 Å². The molecule has 31 heavy (non-hydrogen) atoms. The van der Waals surface area contributed by atoms with Gasteiger partial charge in [-0.3, -0.25) is 9.48 Å². The van der Waals surface area contributed by atoms with Gasteiger partial charge in [0.2, 0.25) is 0 Å². The zero-order valence-electron chi connectivity index (χ0n) is 17.4. The summed E-state index contributed by atoms with van der Waals surface area (Å²) in [5.41, 5.74) is 5.30. The van der Waals surface area contributed by atoms with Crippen molar-refractivity contribution in [3.05, 3.63) is 65.7 Å². The Bertz CT molecular complexity index is 1320. The molecule has 0 spiro atoms. The highest BCUT2D eigenvalue weighted by atomic mass is 16.5. The maximum atomic E-state index is 13.2. The van der Waals surface area contributed by atoms with Crippen LogP contribution in [0.25, 0.3) is 16.9 Å². The van der Waals surface area contributed by atoms with Crippen molar-refractivity contribution >= 4 is 11.6 Å². The first-order valence-electron chi connectivity index (χ1n) is 10.5. The van der Waals surface area contributed by atoms with Gasteiger partial charge in [-0.1, -0.05) is 12.1 Å². The smallest absolute Gasteiger partial charge is 0.275 e. The molecule has 8 heteroatoms. The van der Waals surface area contributed by atoms with Crippen molar-refractivity contribution in [3.8, 4) is 17.0 Å². The lowest BCUT2D eigenvalue weighted by molar-refractivity contribution is 0.0635. The molecule has 0 unspecified atom stereocenters. The Hall–Kier alpha value is -3.68. The van der Waals surface area contributed by atoms with Gasteiger partial charge in [0.25, 0.3) is 5.91 Å². The van der Waals surface area contributed by atoms with E-state index in [1.54, 1.807) is 24.1 Å². The molecule has 2 aliphatic heterocycles. The third kappa shape index (κ3) is 2.67. The predicted molar refractivity (Wildman–Crippen MR) is 114 cm³/mol. The average molecular weight is 414 g/mol. The molecule has 2 bridgehead atoms. The van der Waals surface area contributed by atoms with E-state index in [2.05, 4.69) is 10.1 Å². The van der Waals surface area contributed by atoms with Crippen molar-refractivity contribution in [2.75, 3.05) is 7.11 Å². The standard InChI is InChI=1S/C23H22N6O2/c1-27-10-9-17(25-27)23(30)28-14-7-8-19(28)16-13-24-22-12-18(26-29(22)20(16)11-14)15-5-3-4-6-21(15)31-2/h3-6,9-10,12-14,19H,7-8,11H2,1-2H3/t14-,19+/m0/s1. The lowest BCUT2D eigenvalue weighted by atomic mass is 9.98. The van der Waals surface area contributed by atoms with Gasteiger partial charge >= 0.3 is 0 Å². The normalized spacial score (nSPS) is 19.6. The summed E-state index contributed by atoms with van der Waals surface area (Å²) in [5.74, 6) is 0.779. The minimum absolute atomic E-state index is 0.00553. The van der Waals surface area contributed by atoms with E-state index >= 15 is 0 Å². The fourth-order valence-electron chi connectivity index (χ4n) is 5.05. The highest BCUT2D eigenvalue weighted by molar-refractivity contribution is 5.93. The van der Waals surface area contributed by atoms with Gasteiger partial charge in [-0.05, 0) is 31.0 Å². The van der Waals surface area contributed by atoms with Crippen LogP contribution < -0.4 is 4.74 Å². The number of ether oxygens (including phenoxy) is 1. The molecule has 8 nitrogen and oxygen atoms in total. The molecule has 2 aliphatic rings. The fourth-order valence-corrected chi connectivity index (χ4v) is 5.05. The number of fused-ring (bicyclic) bond motifs is 6. The number of aromatic nitrogens is 5. The summed E-state index contributed by atoms with van der Waals surface area (Å²) in [4.78, 5) is 19.9. The van der Waals surface area contributed by atoms with Crippen LogP contribution in [-0.4, -0.2) is 48.3 Å². The highest BCUT2D eigenvalue weighted by Gasteiger charge is 2.44. The van der Waals surface area contributed by atoms with Crippen molar-refractivity contribution in [3.63, 3.8) is 0 Å². The van der Waals surface area contributed by atoms with E-state index in [0.29, 0.717) is 5.69 Å². The van der Waals surface area contributed by atoms with Crippen molar-refractivity contribution in [1.82, 2.24) is 29.3 Å². The molecule has 0 radical (unpaired) electrons. The Balaban J connectivity index is 1.43. The van der Waals surface area contributed by atoms with Crippen LogP contribution in [0.15, 0.2) is 48.8 Å². The Kier molecular flexibility index (Phi) is 3.89. The van der Waals surface area contributed by atoms with E-state index < -0.39 is 0 Å². The number of carbonyl (C=O) groups excluding carboxylic acids is 1. The quantitative estimate of drug-likeness (QED) is 0.515. The first-order chi connectivity index (χ1) is 15.1. The molecule has 156 valence electrons. The Morgan fingerprint density at radius 2 is 2.03 bits per heavy atom. The summed E-state index contributed by atoms with van der Waals surface area (Å²) in [6.45, 7) is 0. The first kappa shape index (κ1) is 18.1. The van der Waals surface area contributed by atoms with Gasteiger partial charge in [0, 0.05) is 49.1 Å². The maximum Gasteiger partial charge on any atom is 0.275 e. The number of carbonyl (C=O) groups is 1. The predicted octanol–water partition coefficient (Wildman–Crippen LogP) is 3.04. The van der Waals surface area contributed by atoms with E-state index in [0.717, 1.165) is 53.2 Å². The molecule has 5 heterocycles. The molecule has 2 atom stereocenters. The molecular weight excluding hydrogens is 392 g/mol. The minimum atomic E-state index is -0.00553. The zero-order chi connectivity index (χ0) is 21.1. The Labute approximate surface area is 179 Å². The third-order valence-corrected chi connectivity index (χ3v) is 6.46. The van der Waals surface area contributed by atoms with Gasteiger partial charge in [-0.15, -0.1) is 0 Å². The number of hydrogen-bond acceptors (Lipinski definition) is 5. The molecule has 0 saturated carbocycles. The van der Waals surface area contributed by atoms with Crippen LogP contribution >= 0.6 is 0 Å². The van der Waals surface area contributed by atoms with Gasteiger partial charge in [-0.25, -0.2) is 9.50 Å². The van der Waals surface area contributed by atoms with E-state index in [1.807, 2.05) is 53.0 Å². The average Bonchev–Trinajstić information content (AvgIpc) is 3.50. The summed E-state index contributed by atoms with van der Waals surface area (Å²) >= 11 is 0. The van der Waals surface area contributed by atoms with Crippen molar-refractivity contribution < 1.29 is 9.53 Å². The molecule has 0 aliphatic carbocycles. The summed E-state index contributed by atoms with van der Waals surface area (Å²) < 4.78 is 9.13. The molecule has 6 rings (SSSR count). The summed E-state index contributed by atoms with van der Waals surface area (Å²) in [5, 5.41) is 9.21. The zero-order valence-corrected chi connectivity index (χ0v) is 17.4. The number of amides is 1. The number of benzene rings is 1. The lowest BCUT2D eigenvalue weighted by Gasteiger charge is -2.35. The summed E-state index contributed by atoms with van der Waals surface area (Å²) in [7, 11) is 3.49. The number of para-hydroxylation sites is 1. The first-order valence-corrected chi connectivity index (χ1v) is 10.5. The van der Waals surface area contributed by atoms with Gasteiger partial charge in [0.15, 0.2) is 5.65 Å². The largest absolute Gasteiger partial charge is 0.496 e. The third-order valence-electron chi connectivity index (χ3n) is 6.46. The highest BCUT2D eigenvalue weighted by Crippen LogP contribution is 2.44. The molecule has 1 fully saturated rings. The second-order valence-corrected chi connectivity index (χ2v) is 8.20. The summed E-state index contributed by atoms with van der Waals surface area (Å²) in [6, 6.07) is 11.8. The second-order valence-electron chi connectivity index (χ2n) is 8.20. The van der Waals surface area contributed by atoms with Gasteiger partial charge < -0.3 is 9.64 Å². The lowest BCUT2D eigenvalue weighted by Crippen LogP contribution is -2.43. The monoisotopic (exact) mass is 414 g/mol. The Morgan fingerprint density at radius 1 is 1.16 bits per heavy atom. The van der Waals surface area contributed by atoms with E-state index in [-0.39, 0.29) is 18.0 Å². The number of aryl methyl sites for hydroxylation is 1. The van der Waals surface area contributed by atoms with Gasteiger partial charge in [0.1, 0.15) is 11.4 Å². The number of methoxy groups -OCH3 is 1. The molecule has 0 N–H and O–H groups in total. The molecule has 4 aromatic rings. The fraction of sp³-hybridized carbons (Fsp3) is 0.304. The van der Waals surface area contributed by atoms with E-state index in [9.17, 15) is 4.79 Å². The van der Waals surface area contributed by atoms with Gasteiger partial charge in [-0.2, -0.15) is 10.2 Å². The minimum Gasteiger partial charge on any atom is -0.496 e. The second kappa shape index (κ2) is 6.66. The van der Waals surface area contributed by atoms with Crippen LogP contribution in [0.2, 0.25) is 0 Å². The maximum absolute atomic E-state index is 13.2. The van der Waals surface area contributed by atoms with Crippen molar-refractivity contribution in [2.24, 2.45) is 7.05 Å². The van der Waals surface area contributed by atoms with Crippen LogP contribution in [0, 0.1) is 0 Å². The van der Waals surface area contributed by atoms with Crippen LogP contribution in [0.3, 0.4) is 0 Å². The molecular formula is C23H22N6O2. The number of rotatable bonds is 3. The van der Waals surface area contributed by atoms with Crippen molar-refractivity contribution in [2.45, 2.75) is 31.3 Å². The molecule has 1 saturated heterocycles. The van der Waals surface area contributed by atoms with Crippen LogP contribution in [-0.2, 0) is 13.5 Å². The molecule has 3 aromatic heterocycles. The summed E-state index contributed by atoms with van der Waals surface area (Å²) in [6.07, 6.45) is 6.39. The van der Waals surface area contributed by atoms with Crippen LogP contribution in [0.1, 0.15) is 40.6 Å². The van der Waals surface area contributed by atoms with Crippen LogP contribution in [0.4, 0.5) is 0 Å². The number of nitrogens with zero attached hydrogens (tertiary/aromatic N) is 6. The molecule has 1 amide bonds.